The maximum Gasteiger partial charge on any atom is 0.333 e. The van der Waals surface area contributed by atoms with Crippen LogP contribution in [0.2, 0.25) is 13.1 Å². The van der Waals surface area contributed by atoms with E-state index in [9.17, 15) is 9.36 Å². The summed E-state index contributed by atoms with van der Waals surface area (Å²) >= 11 is 0. The molecule has 0 saturated heterocycles. The molecule has 0 aliphatic carbocycles. The van der Waals surface area contributed by atoms with Crippen molar-refractivity contribution in [3.63, 3.8) is 0 Å². The van der Waals surface area contributed by atoms with E-state index in [1.807, 2.05) is 13.1 Å². The van der Waals surface area contributed by atoms with Crippen molar-refractivity contribution in [1.82, 2.24) is 0 Å². The van der Waals surface area contributed by atoms with Gasteiger partial charge in [0.05, 0.1) is 6.16 Å². The molecule has 0 aliphatic rings. The van der Waals surface area contributed by atoms with E-state index in [0.717, 1.165) is 0 Å². The molecule has 1 radical (unpaired) electrons. The van der Waals surface area contributed by atoms with E-state index in [2.05, 4.69) is 17.9 Å². The molecule has 0 spiro atoms. The number of rotatable bonds is 5. The fourth-order valence-corrected chi connectivity index (χ4v) is 0.710. The average molecular weight is 510 g/mol. The molecule has 0 aromatic rings. The number of hydrogen-bond acceptors (Lipinski definition) is 4. The SMILES string of the molecule is C=C(C)C(=O)OCCP(=O)(O)O.C=C[Si](C)(C)O.O.[CH3-].[Ta]. The fourth-order valence-electron chi connectivity index (χ4n) is 0.380. The van der Waals surface area contributed by atoms with Crippen molar-refractivity contribution in [2.45, 2.75) is 20.0 Å². The summed E-state index contributed by atoms with van der Waals surface area (Å²) in [6.07, 6.45) is -0.452. The first-order valence-corrected chi connectivity index (χ1v) is 9.94. The minimum absolute atomic E-state index is 0. The van der Waals surface area contributed by atoms with Crippen molar-refractivity contribution >= 4 is 21.9 Å². The van der Waals surface area contributed by atoms with E-state index in [1.165, 1.54) is 6.92 Å². The monoisotopic (exact) mass is 510 g/mol. The molecule has 0 heterocycles. The maximum absolute atomic E-state index is 10.7. The van der Waals surface area contributed by atoms with E-state index in [-0.39, 0.29) is 47.5 Å². The zero-order chi connectivity index (χ0) is 15.0. The second-order valence-corrected chi connectivity index (χ2v) is 9.65. The molecule has 7 nitrogen and oxygen atoms in total. The van der Waals surface area contributed by atoms with Crippen molar-refractivity contribution in [3.8, 4) is 0 Å². The molecule has 127 valence electrons. The molecule has 5 N–H and O–H groups in total. The van der Waals surface area contributed by atoms with E-state index >= 15 is 0 Å². The molecule has 0 aromatic heterocycles. The van der Waals surface area contributed by atoms with E-state index < -0.39 is 28.0 Å². The molecule has 0 atom stereocenters. The van der Waals surface area contributed by atoms with Gasteiger partial charge in [-0.05, 0) is 20.0 Å². The summed E-state index contributed by atoms with van der Waals surface area (Å²) in [6, 6.07) is 0. The summed E-state index contributed by atoms with van der Waals surface area (Å²) < 4.78 is 14.7. The number of carbonyl (C=O) groups excluding carboxylic acids is 1. The fraction of sp³-hybridized carbons (Fsp3) is 0.455. The Hall–Kier alpha value is -0.0229. The Morgan fingerprint density at radius 3 is 1.90 bits per heavy atom. The Morgan fingerprint density at radius 1 is 1.38 bits per heavy atom. The van der Waals surface area contributed by atoms with Gasteiger partial charge >= 0.3 is 13.6 Å². The van der Waals surface area contributed by atoms with Crippen LogP contribution in [0.15, 0.2) is 24.4 Å². The van der Waals surface area contributed by atoms with Crippen molar-refractivity contribution in [3.05, 3.63) is 31.9 Å². The van der Waals surface area contributed by atoms with E-state index in [4.69, 9.17) is 14.6 Å². The van der Waals surface area contributed by atoms with Gasteiger partial charge < -0.3 is 32.2 Å². The summed E-state index contributed by atoms with van der Waals surface area (Å²) in [4.78, 5) is 36.2. The molecule has 0 fully saturated rings. The first-order chi connectivity index (χ1) is 7.89. The Labute approximate surface area is 143 Å². The van der Waals surface area contributed by atoms with Gasteiger partial charge in [-0.2, -0.15) is 0 Å². The number of hydrogen-bond donors (Lipinski definition) is 3. The molecule has 10 heteroatoms. The zero-order valence-electron chi connectivity index (χ0n) is 12.9. The molecule has 0 bridgehead atoms. The third-order valence-corrected chi connectivity index (χ3v) is 3.23. The molecule has 21 heavy (non-hydrogen) atoms. The maximum atomic E-state index is 10.7. The summed E-state index contributed by atoms with van der Waals surface area (Å²) in [6.45, 7) is 11.6. The van der Waals surface area contributed by atoms with Crippen LogP contribution < -0.4 is 0 Å². The van der Waals surface area contributed by atoms with Gasteiger partial charge in [0.15, 0.2) is 0 Å². The van der Waals surface area contributed by atoms with Gasteiger partial charge in [0, 0.05) is 28.0 Å². The first kappa shape index (κ1) is 32.8. The Kier molecular flexibility index (Phi) is 23.3. The molecule has 0 aromatic carbocycles. The van der Waals surface area contributed by atoms with Crippen LogP contribution in [0.4, 0.5) is 0 Å². The quantitative estimate of drug-likeness (QED) is 0.165. The van der Waals surface area contributed by atoms with Gasteiger partial charge in [-0.15, -0.1) is 6.58 Å². The van der Waals surface area contributed by atoms with Crippen molar-refractivity contribution in [2.24, 2.45) is 0 Å². The minimum Gasteiger partial charge on any atom is -0.462 e. The van der Waals surface area contributed by atoms with Gasteiger partial charge in [-0.1, -0.05) is 12.3 Å². The third-order valence-electron chi connectivity index (χ3n) is 1.46. The van der Waals surface area contributed by atoms with E-state index in [0.29, 0.717) is 0 Å². The Morgan fingerprint density at radius 2 is 1.71 bits per heavy atom. The molecule has 0 amide bonds. The summed E-state index contributed by atoms with van der Waals surface area (Å²) in [5, 5.41) is 0. The number of carbonyl (C=O) groups is 1. The smallest absolute Gasteiger partial charge is 0.333 e. The largest absolute Gasteiger partial charge is 0.462 e. The van der Waals surface area contributed by atoms with Crippen LogP contribution in [0.5, 0.6) is 0 Å². The molecular formula is C11H26O7PSiTa-. The second kappa shape index (κ2) is 14.9. The zero-order valence-corrected chi connectivity index (χ0v) is 18.0. The normalized spacial score (nSPS) is 9.43. The van der Waals surface area contributed by atoms with Crippen LogP contribution in [0, 0.1) is 7.43 Å². The van der Waals surface area contributed by atoms with Crippen molar-refractivity contribution < 1.29 is 56.5 Å². The Bertz CT molecular complexity index is 349. The Balaban J connectivity index is -0.0000000830. The topological polar surface area (TPSA) is 136 Å². The van der Waals surface area contributed by atoms with Gasteiger partial charge in [0.1, 0.15) is 6.61 Å². The predicted octanol–water partition coefficient (Wildman–Crippen LogP) is 0.815. The first-order valence-electron chi connectivity index (χ1n) is 5.12. The molecule has 0 unspecified atom stereocenters. The van der Waals surface area contributed by atoms with Crippen molar-refractivity contribution in [2.75, 3.05) is 12.8 Å². The second-order valence-electron chi connectivity index (χ2n) is 4.16. The van der Waals surface area contributed by atoms with Gasteiger partial charge in [0.25, 0.3) is 0 Å². The van der Waals surface area contributed by atoms with Crippen LogP contribution in [-0.4, -0.2) is 47.1 Å². The number of ether oxygens (including phenoxy) is 1. The summed E-state index contributed by atoms with van der Waals surface area (Å²) in [5.74, 6) is -0.636. The van der Waals surface area contributed by atoms with Gasteiger partial charge in [-0.3, -0.25) is 4.57 Å². The van der Waals surface area contributed by atoms with Crippen LogP contribution in [0.3, 0.4) is 0 Å². The van der Waals surface area contributed by atoms with Gasteiger partial charge in [-0.25, -0.2) is 4.79 Å². The molecular weight excluding hydrogens is 484 g/mol. The van der Waals surface area contributed by atoms with Crippen molar-refractivity contribution in [1.29, 1.82) is 0 Å². The minimum atomic E-state index is -4.06. The van der Waals surface area contributed by atoms with Gasteiger partial charge in [0.2, 0.25) is 8.32 Å². The molecule has 0 rings (SSSR count). The predicted molar refractivity (Wildman–Crippen MR) is 82.6 cm³/mol. The molecule has 0 aliphatic heterocycles. The molecule has 0 saturated carbocycles. The standard InChI is InChI=1S/C6H11O5P.C4H10OSi.CH3.H2O.Ta/c1-5(2)6(7)11-3-4-12(8,9)10;1-4-6(2,3)5;;;/h1,3-4H2,2H3,(H2,8,9,10);4-5H,1H2,2-3H3;1H3;1H2;/q;;-1;;. The summed E-state index contributed by atoms with van der Waals surface area (Å²) in [7, 11) is -5.93. The summed E-state index contributed by atoms with van der Waals surface area (Å²) in [5.41, 5.74) is 1.84. The average Bonchev–Trinajstić information content (AvgIpc) is 2.15. The van der Waals surface area contributed by atoms with E-state index in [1.54, 1.807) is 5.70 Å². The van der Waals surface area contributed by atoms with Crippen LogP contribution in [0.25, 0.3) is 0 Å². The number of esters is 1. The van der Waals surface area contributed by atoms with Crippen LogP contribution in [-0.2, 0) is 36.5 Å². The van der Waals surface area contributed by atoms with Crippen LogP contribution >= 0.6 is 7.60 Å². The van der Waals surface area contributed by atoms with Crippen LogP contribution in [0.1, 0.15) is 6.92 Å². The third kappa shape index (κ3) is 33.0.